The number of nitrogens with one attached hydrogen (secondary N) is 1. The summed E-state index contributed by atoms with van der Waals surface area (Å²) in [6, 6.07) is 14.3. The SMILES string of the molecule is CCCCC1(CC)CN(c2ccccc2)c2ccc(O)cc2S(=O)(=O)N1. The summed E-state index contributed by atoms with van der Waals surface area (Å²) in [7, 11) is -3.74. The predicted molar refractivity (Wildman–Crippen MR) is 104 cm³/mol. The first-order valence-corrected chi connectivity index (χ1v) is 10.6. The molecule has 3 rings (SSSR count). The molecule has 0 fully saturated rings. The lowest BCUT2D eigenvalue weighted by atomic mass is 9.90. The normalized spacial score (nSPS) is 21.8. The van der Waals surface area contributed by atoms with Gasteiger partial charge in [-0.05, 0) is 37.1 Å². The van der Waals surface area contributed by atoms with Crippen molar-refractivity contribution in [2.45, 2.75) is 50.0 Å². The van der Waals surface area contributed by atoms with Crippen LogP contribution in [0.1, 0.15) is 39.5 Å². The van der Waals surface area contributed by atoms with Crippen LogP contribution >= 0.6 is 0 Å². The van der Waals surface area contributed by atoms with Crippen molar-refractivity contribution in [3.05, 3.63) is 48.5 Å². The van der Waals surface area contributed by atoms with Gasteiger partial charge in [0.1, 0.15) is 10.6 Å². The number of unbranched alkanes of at least 4 members (excludes halogenated alkanes) is 1. The maximum Gasteiger partial charge on any atom is 0.243 e. The van der Waals surface area contributed by atoms with E-state index in [0.717, 1.165) is 24.9 Å². The standard InChI is InChI=1S/C20H26N2O3S/c1-3-5-13-20(4-2)15-22(16-9-7-6-8-10-16)18-12-11-17(23)14-19(18)26(24,25)21-20/h6-12,14,21,23H,3-5,13,15H2,1-2H3. The molecule has 0 radical (unpaired) electrons. The van der Waals surface area contributed by atoms with Crippen LogP contribution in [0.15, 0.2) is 53.4 Å². The van der Waals surface area contributed by atoms with Gasteiger partial charge in [0.25, 0.3) is 0 Å². The van der Waals surface area contributed by atoms with Gasteiger partial charge in [-0.2, -0.15) is 0 Å². The molecule has 0 spiro atoms. The van der Waals surface area contributed by atoms with Gasteiger partial charge in [-0.3, -0.25) is 0 Å². The molecule has 1 heterocycles. The van der Waals surface area contributed by atoms with Crippen molar-refractivity contribution in [2.75, 3.05) is 11.4 Å². The molecule has 0 bridgehead atoms. The largest absolute Gasteiger partial charge is 0.508 e. The summed E-state index contributed by atoms with van der Waals surface area (Å²) in [6.07, 6.45) is 3.40. The van der Waals surface area contributed by atoms with Gasteiger partial charge in [0.05, 0.1) is 11.2 Å². The van der Waals surface area contributed by atoms with Crippen molar-refractivity contribution in [2.24, 2.45) is 0 Å². The lowest BCUT2D eigenvalue weighted by Gasteiger charge is -2.36. The zero-order valence-corrected chi connectivity index (χ0v) is 16.1. The molecule has 0 amide bonds. The third kappa shape index (κ3) is 3.57. The first-order chi connectivity index (χ1) is 12.4. The molecule has 0 aromatic heterocycles. The molecule has 140 valence electrons. The minimum absolute atomic E-state index is 0.0558. The van der Waals surface area contributed by atoms with Crippen LogP contribution in [0.2, 0.25) is 0 Å². The second-order valence-corrected chi connectivity index (χ2v) is 8.57. The first-order valence-electron chi connectivity index (χ1n) is 9.10. The van der Waals surface area contributed by atoms with Crippen molar-refractivity contribution in [3.8, 4) is 5.75 Å². The highest BCUT2D eigenvalue weighted by Gasteiger charge is 2.40. The minimum Gasteiger partial charge on any atom is -0.508 e. The van der Waals surface area contributed by atoms with Crippen LogP contribution < -0.4 is 9.62 Å². The number of rotatable bonds is 5. The summed E-state index contributed by atoms with van der Waals surface area (Å²) in [5.41, 5.74) is 0.972. The zero-order chi connectivity index (χ0) is 18.8. The highest BCUT2D eigenvalue weighted by Crippen LogP contribution is 2.39. The van der Waals surface area contributed by atoms with E-state index in [0.29, 0.717) is 18.7 Å². The van der Waals surface area contributed by atoms with Crippen molar-refractivity contribution < 1.29 is 13.5 Å². The number of nitrogens with zero attached hydrogens (tertiary/aromatic N) is 1. The fourth-order valence-electron chi connectivity index (χ4n) is 3.55. The van der Waals surface area contributed by atoms with Crippen LogP contribution in [0.4, 0.5) is 11.4 Å². The number of hydrogen-bond acceptors (Lipinski definition) is 4. The van der Waals surface area contributed by atoms with Crippen molar-refractivity contribution in [1.29, 1.82) is 0 Å². The van der Waals surface area contributed by atoms with Gasteiger partial charge >= 0.3 is 0 Å². The minimum atomic E-state index is -3.74. The molecule has 1 aliphatic heterocycles. The van der Waals surface area contributed by atoms with Crippen LogP contribution in [-0.4, -0.2) is 25.6 Å². The van der Waals surface area contributed by atoms with Crippen LogP contribution in [0.5, 0.6) is 5.75 Å². The molecule has 2 N–H and O–H groups in total. The molecule has 0 aliphatic carbocycles. The summed E-state index contributed by atoms with van der Waals surface area (Å²) in [4.78, 5) is 2.17. The van der Waals surface area contributed by atoms with Gasteiger partial charge in [-0.1, -0.05) is 44.9 Å². The average molecular weight is 375 g/mol. The third-order valence-electron chi connectivity index (χ3n) is 5.09. The number of sulfonamides is 1. The number of aromatic hydroxyl groups is 1. The quantitative estimate of drug-likeness (QED) is 0.824. The van der Waals surface area contributed by atoms with E-state index < -0.39 is 15.6 Å². The Kier molecular flexibility index (Phi) is 5.25. The molecule has 2 aromatic rings. The van der Waals surface area contributed by atoms with E-state index in [1.807, 2.05) is 42.2 Å². The summed E-state index contributed by atoms with van der Waals surface area (Å²) in [5.74, 6) is -0.0558. The number of para-hydroxylation sites is 1. The van der Waals surface area contributed by atoms with Gasteiger partial charge in [0.15, 0.2) is 0 Å². The summed E-state index contributed by atoms with van der Waals surface area (Å²) >= 11 is 0. The molecule has 6 heteroatoms. The van der Waals surface area contributed by atoms with E-state index in [-0.39, 0.29) is 10.6 Å². The van der Waals surface area contributed by atoms with E-state index in [1.165, 1.54) is 12.1 Å². The highest BCUT2D eigenvalue weighted by atomic mass is 32.2. The Morgan fingerprint density at radius 2 is 1.88 bits per heavy atom. The lowest BCUT2D eigenvalue weighted by molar-refractivity contribution is 0.341. The number of fused-ring (bicyclic) bond motifs is 1. The third-order valence-corrected chi connectivity index (χ3v) is 6.70. The summed E-state index contributed by atoms with van der Waals surface area (Å²) < 4.78 is 29.2. The molecule has 26 heavy (non-hydrogen) atoms. The van der Waals surface area contributed by atoms with E-state index >= 15 is 0 Å². The molecule has 5 nitrogen and oxygen atoms in total. The van der Waals surface area contributed by atoms with Crippen LogP contribution in [0.3, 0.4) is 0 Å². The molecule has 1 unspecified atom stereocenters. The van der Waals surface area contributed by atoms with E-state index in [2.05, 4.69) is 11.6 Å². The molecule has 0 saturated carbocycles. The van der Waals surface area contributed by atoms with Crippen molar-refractivity contribution >= 4 is 21.4 Å². The van der Waals surface area contributed by atoms with Crippen LogP contribution in [0, 0.1) is 0 Å². The maximum absolute atomic E-state index is 13.1. The van der Waals surface area contributed by atoms with Gasteiger partial charge in [-0.25, -0.2) is 13.1 Å². The number of anilines is 2. The number of hydrogen-bond donors (Lipinski definition) is 2. The average Bonchev–Trinajstić information content (AvgIpc) is 2.74. The monoisotopic (exact) mass is 374 g/mol. The number of phenolic OH excluding ortho intramolecular Hbond substituents is 1. The predicted octanol–water partition coefficient (Wildman–Crippen LogP) is 4.16. The Morgan fingerprint density at radius 1 is 1.15 bits per heavy atom. The first kappa shape index (κ1) is 18.7. The Labute approximate surface area is 155 Å². The molecule has 1 aliphatic rings. The highest BCUT2D eigenvalue weighted by molar-refractivity contribution is 7.89. The molecule has 2 aromatic carbocycles. The number of phenols is 1. The van der Waals surface area contributed by atoms with Crippen LogP contribution in [0.25, 0.3) is 0 Å². The Morgan fingerprint density at radius 3 is 2.54 bits per heavy atom. The second-order valence-electron chi connectivity index (χ2n) is 6.92. The van der Waals surface area contributed by atoms with Gasteiger partial charge < -0.3 is 10.0 Å². The topological polar surface area (TPSA) is 69.6 Å². The molecular formula is C20H26N2O3S. The van der Waals surface area contributed by atoms with Gasteiger partial charge in [0, 0.05) is 18.3 Å². The van der Waals surface area contributed by atoms with E-state index in [1.54, 1.807) is 6.07 Å². The summed E-state index contributed by atoms with van der Waals surface area (Å²) in [6.45, 7) is 4.68. The fourth-order valence-corrected chi connectivity index (χ4v) is 5.27. The second kappa shape index (κ2) is 7.29. The maximum atomic E-state index is 13.1. The number of benzene rings is 2. The zero-order valence-electron chi connectivity index (χ0n) is 15.3. The van der Waals surface area contributed by atoms with E-state index in [4.69, 9.17) is 0 Å². The lowest BCUT2D eigenvalue weighted by Crippen LogP contribution is -2.52. The fraction of sp³-hybridized carbons (Fsp3) is 0.400. The Bertz CT molecular complexity index is 868. The van der Waals surface area contributed by atoms with Crippen LogP contribution in [-0.2, 0) is 10.0 Å². The Balaban J connectivity index is 2.20. The Hall–Kier alpha value is -2.05. The molecule has 1 atom stereocenters. The molecular weight excluding hydrogens is 348 g/mol. The van der Waals surface area contributed by atoms with Gasteiger partial charge in [-0.15, -0.1) is 0 Å². The molecule has 0 saturated heterocycles. The smallest absolute Gasteiger partial charge is 0.243 e. The van der Waals surface area contributed by atoms with E-state index in [9.17, 15) is 13.5 Å². The summed E-state index contributed by atoms with van der Waals surface area (Å²) in [5, 5.41) is 9.89. The van der Waals surface area contributed by atoms with Gasteiger partial charge in [0.2, 0.25) is 10.0 Å². The van der Waals surface area contributed by atoms with Crippen molar-refractivity contribution in [1.82, 2.24) is 4.72 Å². The van der Waals surface area contributed by atoms with Crippen molar-refractivity contribution in [3.63, 3.8) is 0 Å².